The van der Waals surface area contributed by atoms with Gasteiger partial charge in [-0.2, -0.15) is 0 Å². The van der Waals surface area contributed by atoms with E-state index in [0.717, 1.165) is 11.1 Å². The van der Waals surface area contributed by atoms with Crippen LogP contribution < -0.4 is 5.32 Å². The summed E-state index contributed by atoms with van der Waals surface area (Å²) in [4.78, 5) is 12.0. The van der Waals surface area contributed by atoms with E-state index in [-0.39, 0.29) is 30.6 Å². The van der Waals surface area contributed by atoms with Crippen LogP contribution in [-0.4, -0.2) is 29.3 Å². The zero-order chi connectivity index (χ0) is 15.8. The monoisotopic (exact) mass is 299 g/mol. The van der Waals surface area contributed by atoms with Gasteiger partial charge in [-0.3, -0.25) is 4.79 Å². The molecule has 116 valence electrons. The van der Waals surface area contributed by atoms with Gasteiger partial charge in [0.15, 0.2) is 0 Å². The molecule has 0 fully saturated rings. The number of phenolic OH excluding ortho intramolecular Hbond substituents is 1. The summed E-state index contributed by atoms with van der Waals surface area (Å²) in [5.41, 5.74) is 1.97. The van der Waals surface area contributed by atoms with Crippen LogP contribution in [0.3, 0.4) is 0 Å². The van der Waals surface area contributed by atoms with Crippen molar-refractivity contribution < 1.29 is 15.0 Å². The van der Waals surface area contributed by atoms with E-state index < -0.39 is 0 Å². The third-order valence-electron chi connectivity index (χ3n) is 3.60. The van der Waals surface area contributed by atoms with Crippen molar-refractivity contribution in [1.29, 1.82) is 0 Å². The van der Waals surface area contributed by atoms with Gasteiger partial charge in [-0.25, -0.2) is 0 Å². The second-order valence-corrected chi connectivity index (χ2v) is 5.27. The number of aliphatic hydroxyl groups is 1. The number of carbonyl (C=O) groups excluding carboxylic acids is 1. The van der Waals surface area contributed by atoms with E-state index in [1.807, 2.05) is 30.3 Å². The number of benzene rings is 2. The molecule has 0 aliphatic carbocycles. The van der Waals surface area contributed by atoms with Crippen LogP contribution in [-0.2, 0) is 11.2 Å². The predicted octanol–water partition coefficient (Wildman–Crippen LogP) is 2.22. The zero-order valence-electron chi connectivity index (χ0n) is 12.4. The van der Waals surface area contributed by atoms with Crippen LogP contribution in [0, 0.1) is 0 Å². The topological polar surface area (TPSA) is 69.6 Å². The van der Waals surface area contributed by atoms with E-state index in [1.165, 1.54) is 0 Å². The zero-order valence-corrected chi connectivity index (χ0v) is 12.4. The van der Waals surface area contributed by atoms with Crippen molar-refractivity contribution in [3.8, 4) is 5.75 Å². The second kappa shape index (κ2) is 8.20. The molecule has 0 aromatic heterocycles. The lowest BCUT2D eigenvalue weighted by Gasteiger charge is -2.17. The second-order valence-electron chi connectivity index (χ2n) is 5.27. The number of rotatable bonds is 7. The van der Waals surface area contributed by atoms with Gasteiger partial charge in [0.2, 0.25) is 5.91 Å². The van der Waals surface area contributed by atoms with Crippen molar-refractivity contribution in [2.45, 2.75) is 18.8 Å². The average Bonchev–Trinajstić information content (AvgIpc) is 2.54. The van der Waals surface area contributed by atoms with Gasteiger partial charge < -0.3 is 15.5 Å². The van der Waals surface area contributed by atoms with Gasteiger partial charge in [0.1, 0.15) is 5.75 Å². The van der Waals surface area contributed by atoms with Crippen LogP contribution in [0.5, 0.6) is 5.75 Å². The summed E-state index contributed by atoms with van der Waals surface area (Å²) in [6, 6.07) is 16.5. The van der Waals surface area contributed by atoms with Gasteiger partial charge in [-0.1, -0.05) is 42.5 Å². The first-order chi connectivity index (χ1) is 10.7. The molecule has 0 aliphatic heterocycles. The quantitative estimate of drug-likeness (QED) is 0.734. The average molecular weight is 299 g/mol. The van der Waals surface area contributed by atoms with Crippen molar-refractivity contribution in [3.63, 3.8) is 0 Å². The molecule has 0 radical (unpaired) electrons. The van der Waals surface area contributed by atoms with Crippen LogP contribution in [0.15, 0.2) is 54.6 Å². The largest absolute Gasteiger partial charge is 0.508 e. The molecule has 1 amide bonds. The molecule has 22 heavy (non-hydrogen) atoms. The number of hydrogen-bond acceptors (Lipinski definition) is 3. The fourth-order valence-electron chi connectivity index (χ4n) is 2.37. The summed E-state index contributed by atoms with van der Waals surface area (Å²) in [5, 5.41) is 21.3. The molecule has 1 unspecified atom stereocenters. The van der Waals surface area contributed by atoms with E-state index in [1.54, 1.807) is 24.3 Å². The van der Waals surface area contributed by atoms with Crippen LogP contribution >= 0.6 is 0 Å². The van der Waals surface area contributed by atoms with Crippen molar-refractivity contribution in [3.05, 3.63) is 65.7 Å². The molecule has 1 atom stereocenters. The van der Waals surface area contributed by atoms with E-state index in [0.29, 0.717) is 13.0 Å². The first-order valence-corrected chi connectivity index (χ1v) is 7.39. The summed E-state index contributed by atoms with van der Waals surface area (Å²) in [6.45, 7) is 0.592. The highest BCUT2D eigenvalue weighted by Gasteiger charge is 2.12. The molecule has 2 aromatic rings. The third kappa shape index (κ3) is 4.90. The molecular formula is C18H21NO3. The first-order valence-electron chi connectivity index (χ1n) is 7.39. The number of hydrogen-bond donors (Lipinski definition) is 3. The van der Waals surface area contributed by atoms with Gasteiger partial charge in [-0.05, 0) is 29.7 Å². The number of amides is 1. The Morgan fingerprint density at radius 2 is 1.73 bits per heavy atom. The Bertz CT molecular complexity index is 581. The highest BCUT2D eigenvalue weighted by atomic mass is 16.3. The minimum Gasteiger partial charge on any atom is -0.508 e. The maximum Gasteiger partial charge on any atom is 0.224 e. The molecule has 4 nitrogen and oxygen atoms in total. The molecular weight excluding hydrogens is 278 g/mol. The van der Waals surface area contributed by atoms with E-state index in [2.05, 4.69) is 5.32 Å². The minimum absolute atomic E-state index is 0.0652. The number of phenols is 1. The van der Waals surface area contributed by atoms with Crippen LogP contribution in [0.1, 0.15) is 23.5 Å². The highest BCUT2D eigenvalue weighted by Crippen LogP contribution is 2.18. The molecule has 0 saturated carbocycles. The SMILES string of the molecule is O=C(Cc1ccc(O)cc1)NCC(CCO)c1ccccc1. The Balaban J connectivity index is 1.89. The van der Waals surface area contributed by atoms with Gasteiger partial charge >= 0.3 is 0 Å². The van der Waals surface area contributed by atoms with Crippen molar-refractivity contribution >= 4 is 5.91 Å². The van der Waals surface area contributed by atoms with Crippen molar-refractivity contribution in [2.75, 3.05) is 13.2 Å². The van der Waals surface area contributed by atoms with Crippen LogP contribution in [0.25, 0.3) is 0 Å². The number of aromatic hydroxyl groups is 1. The Kier molecular flexibility index (Phi) is 5.98. The molecule has 2 rings (SSSR count). The summed E-state index contributed by atoms with van der Waals surface area (Å²) >= 11 is 0. The van der Waals surface area contributed by atoms with E-state index in [4.69, 9.17) is 0 Å². The molecule has 0 heterocycles. The van der Waals surface area contributed by atoms with E-state index >= 15 is 0 Å². The molecule has 2 aromatic carbocycles. The van der Waals surface area contributed by atoms with Gasteiger partial charge in [0, 0.05) is 19.1 Å². The molecule has 4 heteroatoms. The molecule has 0 saturated heterocycles. The smallest absolute Gasteiger partial charge is 0.224 e. The maximum atomic E-state index is 12.0. The Labute approximate surface area is 130 Å². The van der Waals surface area contributed by atoms with E-state index in [9.17, 15) is 15.0 Å². The number of carbonyl (C=O) groups is 1. The number of aliphatic hydroxyl groups excluding tert-OH is 1. The van der Waals surface area contributed by atoms with Gasteiger partial charge in [-0.15, -0.1) is 0 Å². The van der Waals surface area contributed by atoms with Crippen molar-refractivity contribution in [2.24, 2.45) is 0 Å². The molecule has 0 aliphatic rings. The third-order valence-corrected chi connectivity index (χ3v) is 3.60. The standard InChI is InChI=1S/C18H21NO3/c20-11-10-16(15-4-2-1-3-5-15)13-19-18(22)12-14-6-8-17(21)9-7-14/h1-9,16,20-21H,10-13H2,(H,19,22). The van der Waals surface area contributed by atoms with Crippen LogP contribution in [0.4, 0.5) is 0 Å². The lowest BCUT2D eigenvalue weighted by Crippen LogP contribution is -2.30. The van der Waals surface area contributed by atoms with Gasteiger partial charge in [0.05, 0.1) is 6.42 Å². The molecule has 3 N–H and O–H groups in total. The normalized spacial score (nSPS) is 11.9. The fraction of sp³-hybridized carbons (Fsp3) is 0.278. The first kappa shape index (κ1) is 16.0. The molecule has 0 spiro atoms. The minimum atomic E-state index is -0.0652. The Morgan fingerprint density at radius 1 is 1.05 bits per heavy atom. The Morgan fingerprint density at radius 3 is 2.36 bits per heavy atom. The lowest BCUT2D eigenvalue weighted by molar-refractivity contribution is -0.120. The highest BCUT2D eigenvalue weighted by molar-refractivity contribution is 5.78. The lowest BCUT2D eigenvalue weighted by atomic mass is 9.96. The molecule has 0 bridgehead atoms. The fourth-order valence-corrected chi connectivity index (χ4v) is 2.37. The summed E-state index contributed by atoms with van der Waals surface area (Å²) < 4.78 is 0. The number of nitrogens with one attached hydrogen (secondary N) is 1. The van der Waals surface area contributed by atoms with Crippen molar-refractivity contribution in [1.82, 2.24) is 5.32 Å². The predicted molar refractivity (Wildman–Crippen MR) is 85.7 cm³/mol. The summed E-state index contributed by atoms with van der Waals surface area (Å²) in [7, 11) is 0. The Hall–Kier alpha value is -2.33. The van der Waals surface area contributed by atoms with Crippen LogP contribution in [0.2, 0.25) is 0 Å². The maximum absolute atomic E-state index is 12.0. The summed E-state index contributed by atoms with van der Waals surface area (Å²) in [5.74, 6) is 0.232. The summed E-state index contributed by atoms with van der Waals surface area (Å²) in [6.07, 6.45) is 0.893. The van der Waals surface area contributed by atoms with Gasteiger partial charge in [0.25, 0.3) is 0 Å².